The first-order valence-corrected chi connectivity index (χ1v) is 8.02. The number of halogens is 1. The van der Waals surface area contributed by atoms with Crippen LogP contribution in [0.1, 0.15) is 31.7 Å². The van der Waals surface area contributed by atoms with Crippen LogP contribution in [0.3, 0.4) is 0 Å². The Labute approximate surface area is 131 Å². The number of rotatable bonds is 8. The molecule has 1 aliphatic rings. The van der Waals surface area contributed by atoms with Crippen molar-refractivity contribution >= 4 is 5.91 Å². The molecule has 1 aliphatic heterocycles. The third-order valence-corrected chi connectivity index (χ3v) is 3.72. The molecule has 1 fully saturated rings. The van der Waals surface area contributed by atoms with E-state index in [1.54, 1.807) is 6.07 Å². The molecule has 1 saturated heterocycles. The van der Waals surface area contributed by atoms with Crippen LogP contribution in [0.25, 0.3) is 0 Å². The van der Waals surface area contributed by atoms with E-state index in [4.69, 9.17) is 4.74 Å². The van der Waals surface area contributed by atoms with Crippen LogP contribution in [0.15, 0.2) is 24.3 Å². The molecule has 122 valence electrons. The summed E-state index contributed by atoms with van der Waals surface area (Å²) in [6.45, 7) is 5.08. The van der Waals surface area contributed by atoms with Crippen molar-refractivity contribution < 1.29 is 13.9 Å². The van der Waals surface area contributed by atoms with Crippen LogP contribution in [-0.2, 0) is 16.1 Å². The van der Waals surface area contributed by atoms with Gasteiger partial charge in [-0.05, 0) is 37.0 Å². The summed E-state index contributed by atoms with van der Waals surface area (Å²) < 4.78 is 19.0. The maximum Gasteiger partial charge on any atom is 0.234 e. The summed E-state index contributed by atoms with van der Waals surface area (Å²) in [6.07, 6.45) is 3.19. The highest BCUT2D eigenvalue weighted by atomic mass is 19.1. The molecule has 2 rings (SSSR count). The van der Waals surface area contributed by atoms with Crippen LogP contribution in [0.4, 0.5) is 4.39 Å². The Bertz CT molecular complexity index is 475. The lowest BCUT2D eigenvalue weighted by Crippen LogP contribution is -2.40. The molecule has 0 bridgehead atoms. The molecular formula is C17H25FN2O2. The van der Waals surface area contributed by atoms with Crippen molar-refractivity contribution in [3.8, 4) is 0 Å². The van der Waals surface area contributed by atoms with Gasteiger partial charge in [0.15, 0.2) is 0 Å². The average Bonchev–Trinajstić information content (AvgIpc) is 2.98. The smallest absolute Gasteiger partial charge is 0.234 e. The average molecular weight is 308 g/mol. The summed E-state index contributed by atoms with van der Waals surface area (Å²) in [4.78, 5) is 14.0. The van der Waals surface area contributed by atoms with Crippen LogP contribution < -0.4 is 5.32 Å². The summed E-state index contributed by atoms with van der Waals surface area (Å²) in [5.41, 5.74) is 0.876. The fourth-order valence-corrected chi connectivity index (χ4v) is 2.68. The zero-order valence-electron chi connectivity index (χ0n) is 13.2. The molecule has 1 heterocycles. The number of ether oxygens (including phenoxy) is 1. The number of amides is 1. The fourth-order valence-electron chi connectivity index (χ4n) is 2.68. The Balaban J connectivity index is 1.95. The van der Waals surface area contributed by atoms with E-state index in [0.717, 1.165) is 31.4 Å². The zero-order chi connectivity index (χ0) is 15.8. The van der Waals surface area contributed by atoms with Crippen molar-refractivity contribution in [1.82, 2.24) is 10.2 Å². The molecular weight excluding hydrogens is 283 g/mol. The van der Waals surface area contributed by atoms with E-state index in [2.05, 4.69) is 5.32 Å². The third-order valence-electron chi connectivity index (χ3n) is 3.72. The molecule has 5 heteroatoms. The van der Waals surface area contributed by atoms with Gasteiger partial charge in [0.05, 0.1) is 12.6 Å². The van der Waals surface area contributed by atoms with Crippen molar-refractivity contribution in [2.24, 2.45) is 0 Å². The van der Waals surface area contributed by atoms with Crippen molar-refractivity contribution in [2.75, 3.05) is 26.2 Å². The molecule has 0 radical (unpaired) electrons. The first-order chi connectivity index (χ1) is 10.7. The minimum absolute atomic E-state index is 0.0104. The van der Waals surface area contributed by atoms with Gasteiger partial charge in [-0.15, -0.1) is 0 Å². The van der Waals surface area contributed by atoms with E-state index in [-0.39, 0.29) is 17.8 Å². The SMILES string of the molecule is CCCNC(=O)CN(Cc1cccc(F)c1)CC1CCCO1. The van der Waals surface area contributed by atoms with Gasteiger partial charge in [0.2, 0.25) is 5.91 Å². The fraction of sp³-hybridized carbons (Fsp3) is 0.588. The summed E-state index contributed by atoms with van der Waals surface area (Å²) in [7, 11) is 0. The van der Waals surface area contributed by atoms with Crippen molar-refractivity contribution in [2.45, 2.75) is 38.8 Å². The van der Waals surface area contributed by atoms with Gasteiger partial charge in [-0.3, -0.25) is 9.69 Å². The topological polar surface area (TPSA) is 41.6 Å². The number of hydrogen-bond acceptors (Lipinski definition) is 3. The van der Waals surface area contributed by atoms with Crippen molar-refractivity contribution in [1.29, 1.82) is 0 Å². The quantitative estimate of drug-likeness (QED) is 0.801. The minimum atomic E-state index is -0.245. The monoisotopic (exact) mass is 308 g/mol. The number of nitrogens with one attached hydrogen (secondary N) is 1. The molecule has 4 nitrogen and oxygen atoms in total. The Morgan fingerprint density at radius 3 is 3.05 bits per heavy atom. The molecule has 1 aromatic rings. The summed E-state index contributed by atoms with van der Waals surface area (Å²) in [5, 5.41) is 2.89. The summed E-state index contributed by atoms with van der Waals surface area (Å²) >= 11 is 0. The highest BCUT2D eigenvalue weighted by Gasteiger charge is 2.21. The largest absolute Gasteiger partial charge is 0.377 e. The van der Waals surface area contributed by atoms with Gasteiger partial charge >= 0.3 is 0 Å². The summed E-state index contributed by atoms with van der Waals surface area (Å²) in [5.74, 6) is -0.235. The highest BCUT2D eigenvalue weighted by molar-refractivity contribution is 5.77. The van der Waals surface area contributed by atoms with E-state index in [1.165, 1.54) is 12.1 Å². The van der Waals surface area contributed by atoms with E-state index in [0.29, 0.717) is 26.2 Å². The molecule has 0 saturated carbocycles. The van der Waals surface area contributed by atoms with E-state index < -0.39 is 0 Å². The number of benzene rings is 1. The minimum Gasteiger partial charge on any atom is -0.377 e. The molecule has 1 unspecified atom stereocenters. The Hall–Kier alpha value is -1.46. The lowest BCUT2D eigenvalue weighted by Gasteiger charge is -2.24. The Kier molecular flexibility index (Phi) is 6.80. The zero-order valence-corrected chi connectivity index (χ0v) is 13.2. The van der Waals surface area contributed by atoms with E-state index in [1.807, 2.05) is 17.9 Å². The molecule has 1 N–H and O–H groups in total. The second kappa shape index (κ2) is 8.86. The molecule has 0 aliphatic carbocycles. The molecule has 1 atom stereocenters. The lowest BCUT2D eigenvalue weighted by molar-refractivity contribution is -0.122. The second-order valence-corrected chi connectivity index (χ2v) is 5.78. The van der Waals surface area contributed by atoms with Gasteiger partial charge in [0, 0.05) is 26.2 Å². The maximum atomic E-state index is 13.3. The predicted molar refractivity (Wildman–Crippen MR) is 84.0 cm³/mol. The first-order valence-electron chi connectivity index (χ1n) is 8.02. The van der Waals surface area contributed by atoms with Gasteiger partial charge in [0.1, 0.15) is 5.82 Å². The van der Waals surface area contributed by atoms with Gasteiger partial charge < -0.3 is 10.1 Å². The van der Waals surface area contributed by atoms with Crippen LogP contribution in [0.2, 0.25) is 0 Å². The molecule has 0 aromatic heterocycles. The highest BCUT2D eigenvalue weighted by Crippen LogP contribution is 2.15. The predicted octanol–water partition coefficient (Wildman–Crippen LogP) is 2.33. The number of hydrogen-bond donors (Lipinski definition) is 1. The molecule has 1 amide bonds. The molecule has 22 heavy (non-hydrogen) atoms. The van der Waals surface area contributed by atoms with Crippen LogP contribution >= 0.6 is 0 Å². The Morgan fingerprint density at radius 2 is 2.36 bits per heavy atom. The van der Waals surface area contributed by atoms with Crippen molar-refractivity contribution in [3.63, 3.8) is 0 Å². The summed E-state index contributed by atoms with van der Waals surface area (Å²) in [6, 6.07) is 6.54. The van der Waals surface area contributed by atoms with E-state index in [9.17, 15) is 9.18 Å². The van der Waals surface area contributed by atoms with Gasteiger partial charge in [-0.1, -0.05) is 19.1 Å². The maximum absolute atomic E-state index is 13.3. The normalized spacial score (nSPS) is 17.9. The lowest BCUT2D eigenvalue weighted by atomic mass is 10.1. The van der Waals surface area contributed by atoms with Crippen LogP contribution in [0.5, 0.6) is 0 Å². The van der Waals surface area contributed by atoms with Crippen LogP contribution in [-0.4, -0.2) is 43.2 Å². The molecule has 1 aromatic carbocycles. The number of nitrogens with zero attached hydrogens (tertiary/aromatic N) is 1. The van der Waals surface area contributed by atoms with Crippen molar-refractivity contribution in [3.05, 3.63) is 35.6 Å². The standard InChI is InChI=1S/C17H25FN2O2/c1-2-8-19-17(21)13-20(12-16-7-4-9-22-16)11-14-5-3-6-15(18)10-14/h3,5-6,10,16H,2,4,7-9,11-13H2,1H3,(H,19,21). The van der Waals surface area contributed by atoms with E-state index >= 15 is 0 Å². The number of carbonyl (C=O) groups is 1. The number of carbonyl (C=O) groups excluding carboxylic acids is 1. The third kappa shape index (κ3) is 5.73. The second-order valence-electron chi connectivity index (χ2n) is 5.78. The first kappa shape index (κ1) is 16.9. The van der Waals surface area contributed by atoms with Gasteiger partial charge in [-0.2, -0.15) is 0 Å². The van der Waals surface area contributed by atoms with Gasteiger partial charge in [-0.25, -0.2) is 4.39 Å². The van der Waals surface area contributed by atoms with Gasteiger partial charge in [0.25, 0.3) is 0 Å². The Morgan fingerprint density at radius 1 is 1.50 bits per heavy atom. The molecule has 0 spiro atoms. The van der Waals surface area contributed by atoms with Crippen LogP contribution in [0, 0.1) is 5.82 Å².